The predicted molar refractivity (Wildman–Crippen MR) is 182 cm³/mol. The summed E-state index contributed by atoms with van der Waals surface area (Å²) in [4.78, 5) is 19.2. The van der Waals surface area contributed by atoms with E-state index in [1.807, 2.05) is 72.9 Å². The second kappa shape index (κ2) is 10.2. The minimum atomic E-state index is 0.627. The Kier molecular flexibility index (Phi) is 5.74. The third-order valence-electron chi connectivity index (χ3n) is 8.41. The first-order valence-electron chi connectivity index (χ1n) is 14.9. The lowest BCUT2D eigenvalue weighted by Crippen LogP contribution is -2.00. The van der Waals surface area contributed by atoms with Crippen molar-refractivity contribution in [1.29, 1.82) is 0 Å². The Morgan fingerprint density at radius 2 is 1.04 bits per heavy atom. The van der Waals surface area contributed by atoms with Crippen LogP contribution in [0.5, 0.6) is 0 Å². The zero-order valence-corrected chi connectivity index (χ0v) is 24.1. The fraction of sp³-hybridized carbons (Fsp3) is 0. The van der Waals surface area contributed by atoms with E-state index in [1.54, 1.807) is 6.20 Å². The van der Waals surface area contributed by atoms with E-state index in [-0.39, 0.29) is 0 Å². The molecule has 9 rings (SSSR count). The molecule has 0 aliphatic heterocycles. The third kappa shape index (κ3) is 4.25. The lowest BCUT2D eigenvalue weighted by molar-refractivity contribution is 0.670. The number of aromatic nitrogens is 4. The number of nitrogens with zero attached hydrogens (tertiary/aromatic N) is 4. The largest absolute Gasteiger partial charge is 0.454 e. The van der Waals surface area contributed by atoms with Crippen molar-refractivity contribution in [3.8, 4) is 45.3 Å². The lowest BCUT2D eigenvalue weighted by atomic mass is 9.91. The lowest BCUT2D eigenvalue weighted by Gasteiger charge is -2.14. The van der Waals surface area contributed by atoms with E-state index in [2.05, 4.69) is 71.7 Å². The van der Waals surface area contributed by atoms with Crippen LogP contribution in [-0.2, 0) is 0 Å². The van der Waals surface area contributed by atoms with E-state index in [0.717, 1.165) is 71.3 Å². The molecule has 210 valence electrons. The highest BCUT2D eigenvalue weighted by atomic mass is 16.3. The van der Waals surface area contributed by atoms with Crippen molar-refractivity contribution in [2.45, 2.75) is 0 Å². The summed E-state index contributed by atoms with van der Waals surface area (Å²) in [6, 6.07) is 45.8. The minimum absolute atomic E-state index is 0.627. The van der Waals surface area contributed by atoms with E-state index in [1.165, 1.54) is 0 Å². The fourth-order valence-corrected chi connectivity index (χ4v) is 6.28. The van der Waals surface area contributed by atoms with Gasteiger partial charge in [-0.15, -0.1) is 0 Å². The Balaban J connectivity index is 1.30. The van der Waals surface area contributed by atoms with E-state index < -0.39 is 0 Å². The average Bonchev–Trinajstić information content (AvgIpc) is 3.51. The highest BCUT2D eigenvalue weighted by Gasteiger charge is 2.17. The van der Waals surface area contributed by atoms with Crippen LogP contribution < -0.4 is 0 Å². The van der Waals surface area contributed by atoms with E-state index >= 15 is 0 Å². The van der Waals surface area contributed by atoms with Crippen LogP contribution in [0, 0.1) is 0 Å². The molecule has 0 aliphatic carbocycles. The van der Waals surface area contributed by atoms with Crippen LogP contribution in [0.2, 0.25) is 0 Å². The van der Waals surface area contributed by atoms with Gasteiger partial charge in [0.2, 0.25) is 0 Å². The van der Waals surface area contributed by atoms with Gasteiger partial charge in [-0.25, -0.2) is 15.0 Å². The zero-order valence-electron chi connectivity index (χ0n) is 24.1. The number of hydrogen-bond acceptors (Lipinski definition) is 5. The fourth-order valence-electron chi connectivity index (χ4n) is 6.28. The molecule has 5 heteroatoms. The quantitative estimate of drug-likeness (QED) is 0.209. The third-order valence-corrected chi connectivity index (χ3v) is 8.41. The molecule has 0 saturated heterocycles. The molecule has 0 atom stereocenters. The van der Waals surface area contributed by atoms with Crippen LogP contribution >= 0.6 is 0 Å². The summed E-state index contributed by atoms with van der Waals surface area (Å²) in [5, 5.41) is 6.60. The maximum atomic E-state index is 6.36. The monoisotopic (exact) mass is 576 g/mol. The van der Waals surface area contributed by atoms with Crippen molar-refractivity contribution in [1.82, 2.24) is 19.9 Å². The summed E-state index contributed by atoms with van der Waals surface area (Å²) in [6.45, 7) is 0. The molecule has 0 N–H and O–H groups in total. The molecule has 5 nitrogen and oxygen atoms in total. The van der Waals surface area contributed by atoms with Crippen molar-refractivity contribution in [2.24, 2.45) is 0 Å². The maximum Gasteiger partial charge on any atom is 0.164 e. The van der Waals surface area contributed by atoms with Gasteiger partial charge in [0.05, 0.1) is 6.20 Å². The Bertz CT molecular complexity index is 2480. The van der Waals surface area contributed by atoms with Gasteiger partial charge in [-0.3, -0.25) is 4.98 Å². The summed E-state index contributed by atoms with van der Waals surface area (Å²) in [7, 11) is 0. The highest BCUT2D eigenvalue weighted by Crippen LogP contribution is 2.41. The molecule has 45 heavy (non-hydrogen) atoms. The van der Waals surface area contributed by atoms with Gasteiger partial charge in [-0.1, -0.05) is 109 Å². The van der Waals surface area contributed by atoms with Crippen molar-refractivity contribution in [2.75, 3.05) is 0 Å². The number of hydrogen-bond donors (Lipinski definition) is 0. The van der Waals surface area contributed by atoms with Gasteiger partial charge >= 0.3 is 0 Å². The number of fused-ring (bicyclic) bond motifs is 6. The van der Waals surface area contributed by atoms with Crippen LogP contribution in [0.3, 0.4) is 0 Å². The van der Waals surface area contributed by atoms with E-state index in [0.29, 0.717) is 17.5 Å². The second-order valence-electron chi connectivity index (χ2n) is 11.1. The van der Waals surface area contributed by atoms with Crippen molar-refractivity contribution in [3.63, 3.8) is 0 Å². The zero-order chi connectivity index (χ0) is 29.7. The molecular weight excluding hydrogens is 552 g/mol. The first kappa shape index (κ1) is 25.3. The van der Waals surface area contributed by atoms with Crippen LogP contribution in [0.1, 0.15) is 0 Å². The predicted octanol–water partition coefficient (Wildman–Crippen LogP) is 10.1. The Morgan fingerprint density at radius 3 is 1.80 bits per heavy atom. The Morgan fingerprint density at radius 1 is 0.422 bits per heavy atom. The van der Waals surface area contributed by atoms with Crippen LogP contribution in [0.4, 0.5) is 0 Å². The van der Waals surface area contributed by atoms with Crippen molar-refractivity contribution >= 4 is 43.5 Å². The molecule has 0 fully saturated rings. The van der Waals surface area contributed by atoms with Crippen LogP contribution in [0.15, 0.2) is 150 Å². The van der Waals surface area contributed by atoms with Gasteiger partial charge in [0.15, 0.2) is 23.1 Å². The molecule has 0 radical (unpaired) electrons. The SMILES string of the molecule is c1ccc(-c2nc(-c3ccccc3)nc(-c3cc(-c4cccc5c4ccc4c6ccncc6oc54)c4ccccc4c3)n2)cc1. The molecule has 9 aromatic rings. The number of rotatable bonds is 4. The van der Waals surface area contributed by atoms with Gasteiger partial charge in [0, 0.05) is 39.0 Å². The van der Waals surface area contributed by atoms with Crippen LogP contribution in [-0.4, -0.2) is 19.9 Å². The first-order chi connectivity index (χ1) is 22.3. The normalized spacial score (nSPS) is 11.6. The van der Waals surface area contributed by atoms with E-state index in [4.69, 9.17) is 19.4 Å². The summed E-state index contributed by atoms with van der Waals surface area (Å²) < 4.78 is 6.36. The summed E-state index contributed by atoms with van der Waals surface area (Å²) in [5.74, 6) is 1.91. The van der Waals surface area contributed by atoms with Gasteiger partial charge in [-0.2, -0.15) is 0 Å². The molecule has 0 bridgehead atoms. The number of pyridine rings is 1. The topological polar surface area (TPSA) is 64.7 Å². The molecular formula is C40H24N4O. The van der Waals surface area contributed by atoms with Crippen molar-refractivity contribution < 1.29 is 4.42 Å². The van der Waals surface area contributed by atoms with E-state index in [9.17, 15) is 0 Å². The van der Waals surface area contributed by atoms with Crippen molar-refractivity contribution in [3.05, 3.63) is 146 Å². The molecule has 3 aromatic heterocycles. The average molecular weight is 577 g/mol. The first-order valence-corrected chi connectivity index (χ1v) is 14.9. The second-order valence-corrected chi connectivity index (χ2v) is 11.1. The molecule has 3 heterocycles. The highest BCUT2D eigenvalue weighted by molar-refractivity contribution is 6.18. The summed E-state index contributed by atoms with van der Waals surface area (Å²) >= 11 is 0. The Labute approximate surface area is 258 Å². The van der Waals surface area contributed by atoms with Gasteiger partial charge < -0.3 is 4.42 Å². The minimum Gasteiger partial charge on any atom is -0.454 e. The standard InChI is InChI=1S/C40H24N4O/c1-3-10-25(11-4-1)38-42-39(26-12-5-2-6-13-26)44-40(43-38)28-22-27-14-7-8-15-29(27)35(23-28)30-16-9-17-33-31(30)18-19-34-32-20-21-41-24-36(32)45-37(33)34/h1-24H. The van der Waals surface area contributed by atoms with Crippen LogP contribution in [0.25, 0.3) is 88.8 Å². The molecule has 6 aromatic carbocycles. The summed E-state index contributed by atoms with van der Waals surface area (Å²) in [6.07, 6.45) is 3.59. The molecule has 0 unspecified atom stereocenters. The van der Waals surface area contributed by atoms with Gasteiger partial charge in [-0.05, 0) is 51.6 Å². The smallest absolute Gasteiger partial charge is 0.164 e. The number of benzene rings is 6. The molecule has 0 saturated carbocycles. The summed E-state index contributed by atoms with van der Waals surface area (Å²) in [5.41, 5.74) is 6.69. The van der Waals surface area contributed by atoms with Gasteiger partial charge in [0.25, 0.3) is 0 Å². The molecule has 0 aliphatic rings. The molecule has 0 amide bonds. The number of furan rings is 1. The molecule has 0 spiro atoms. The Hall–Kier alpha value is -6.20. The van der Waals surface area contributed by atoms with Gasteiger partial charge in [0.1, 0.15) is 5.58 Å². The maximum absolute atomic E-state index is 6.36.